The summed E-state index contributed by atoms with van der Waals surface area (Å²) in [6.45, 7) is 9.25. The molecule has 0 aliphatic rings. The molecule has 0 heterocycles. The highest BCUT2D eigenvalue weighted by atomic mass is 28.1. The normalized spacial score (nSPS) is 14.5. The van der Waals surface area contributed by atoms with Crippen LogP contribution in [0.4, 0.5) is 0 Å². The first-order valence-corrected chi connectivity index (χ1v) is 8.19. The molecule has 0 aromatic carbocycles. The molecule has 0 rings (SSSR count). The van der Waals surface area contributed by atoms with Crippen molar-refractivity contribution >= 4 is 16.2 Å². The Labute approximate surface area is 121 Å². The third-order valence-electron chi connectivity index (χ3n) is 2.63. The Hall–Kier alpha value is -0.593. The molecule has 2 N–H and O–H groups in total. The lowest BCUT2D eigenvalue weighted by Crippen LogP contribution is -2.42. The smallest absolute Gasteiger partial charge is 0.191 e. The second-order valence-corrected chi connectivity index (χ2v) is 6.89. The van der Waals surface area contributed by atoms with Crippen LogP contribution in [0.5, 0.6) is 0 Å². The van der Waals surface area contributed by atoms with Gasteiger partial charge in [-0.1, -0.05) is 0 Å². The average Bonchev–Trinajstić information content (AvgIpc) is 2.28. The minimum Gasteiger partial charge on any atom is -0.356 e. The van der Waals surface area contributed by atoms with E-state index in [0.717, 1.165) is 29.2 Å². The molecule has 0 saturated heterocycles. The van der Waals surface area contributed by atoms with Gasteiger partial charge in [0.05, 0.1) is 0 Å². The van der Waals surface area contributed by atoms with E-state index in [1.54, 1.807) is 14.2 Å². The van der Waals surface area contributed by atoms with Gasteiger partial charge in [0.1, 0.15) is 0 Å². The maximum atomic E-state index is 5.29. The van der Waals surface area contributed by atoms with Gasteiger partial charge in [0.25, 0.3) is 0 Å². The molecule has 5 nitrogen and oxygen atoms in total. The fourth-order valence-electron chi connectivity index (χ4n) is 1.78. The van der Waals surface area contributed by atoms with Crippen molar-refractivity contribution in [1.82, 2.24) is 10.6 Å². The van der Waals surface area contributed by atoms with Crippen molar-refractivity contribution in [2.45, 2.75) is 58.0 Å². The van der Waals surface area contributed by atoms with Crippen LogP contribution in [-0.2, 0) is 9.47 Å². The van der Waals surface area contributed by atoms with Crippen molar-refractivity contribution in [3.8, 4) is 0 Å². The van der Waals surface area contributed by atoms with E-state index in [4.69, 9.17) is 9.47 Å². The molecule has 1 atom stereocenters. The zero-order valence-corrected chi connectivity index (χ0v) is 15.5. The molecule has 0 amide bonds. The first kappa shape index (κ1) is 18.4. The topological polar surface area (TPSA) is 54.9 Å². The van der Waals surface area contributed by atoms with E-state index < -0.39 is 0 Å². The van der Waals surface area contributed by atoms with E-state index in [0.29, 0.717) is 11.6 Å². The van der Waals surface area contributed by atoms with Gasteiger partial charge < -0.3 is 20.1 Å². The molecule has 114 valence electrons. The zero-order chi connectivity index (χ0) is 14.8. The summed E-state index contributed by atoms with van der Waals surface area (Å²) in [7, 11) is 4.43. The lowest BCUT2D eigenvalue weighted by Gasteiger charge is -2.22. The highest BCUT2D eigenvalue weighted by Gasteiger charge is 2.15. The van der Waals surface area contributed by atoms with E-state index in [1.165, 1.54) is 0 Å². The average molecular weight is 289 g/mol. The molecule has 0 aromatic rings. The molecule has 0 aliphatic carbocycles. The first-order valence-electron chi connectivity index (χ1n) is 7.04. The maximum absolute atomic E-state index is 5.29. The third-order valence-corrected chi connectivity index (χ3v) is 3.76. The fraction of sp³-hybridized carbons (Fsp3) is 0.923. The van der Waals surface area contributed by atoms with Gasteiger partial charge in [0, 0.05) is 43.1 Å². The van der Waals surface area contributed by atoms with Gasteiger partial charge in [-0.3, -0.25) is 4.99 Å². The molecule has 0 radical (unpaired) electrons. The van der Waals surface area contributed by atoms with Crippen LogP contribution >= 0.6 is 0 Å². The highest BCUT2D eigenvalue weighted by molar-refractivity contribution is 6.11. The molecule has 0 aromatic heterocycles. The van der Waals surface area contributed by atoms with E-state index in [9.17, 15) is 0 Å². The predicted molar refractivity (Wildman–Crippen MR) is 85.0 cm³/mol. The number of methoxy groups -OCH3 is 2. The van der Waals surface area contributed by atoms with E-state index >= 15 is 0 Å². The first-order chi connectivity index (χ1) is 8.90. The van der Waals surface area contributed by atoms with E-state index in [1.807, 2.05) is 0 Å². The van der Waals surface area contributed by atoms with Gasteiger partial charge in [-0.05, 0) is 39.7 Å². The predicted octanol–water partition coefficient (Wildman–Crippen LogP) is 0.501. The minimum atomic E-state index is -0.0861. The van der Waals surface area contributed by atoms with Gasteiger partial charge in [0.15, 0.2) is 12.2 Å². The van der Waals surface area contributed by atoms with Crippen LogP contribution in [0, 0.1) is 0 Å². The summed E-state index contributed by atoms with van der Waals surface area (Å²) in [6, 6.07) is 0.661. The molecule has 0 spiro atoms. The summed E-state index contributed by atoms with van der Waals surface area (Å²) in [5, 5.41) is 6.70. The number of nitrogens with one attached hydrogen (secondary N) is 2. The Morgan fingerprint density at radius 1 is 1.16 bits per heavy atom. The van der Waals surface area contributed by atoms with E-state index in [2.05, 4.69) is 43.3 Å². The van der Waals surface area contributed by atoms with Crippen molar-refractivity contribution in [1.29, 1.82) is 0 Å². The Kier molecular flexibility index (Phi) is 9.91. The number of aliphatic imine (C=N–C) groups is 1. The molecule has 19 heavy (non-hydrogen) atoms. The molecule has 0 fully saturated rings. The molecule has 0 saturated carbocycles. The summed E-state index contributed by atoms with van der Waals surface area (Å²) in [5.41, 5.74) is 0.474. The molecule has 0 aliphatic heterocycles. The number of guanidine groups is 1. The Morgan fingerprint density at radius 3 is 2.16 bits per heavy atom. The lowest BCUT2D eigenvalue weighted by atomic mass is 10.3. The molecular formula is C13H31N3O2Si. The lowest BCUT2D eigenvalue weighted by molar-refractivity contribution is -0.105. The SMILES string of the molecule is COC(OC)C([SiH3])CCNC(=NC(C)C)NC(C)C. The second-order valence-electron chi connectivity index (χ2n) is 5.40. The van der Waals surface area contributed by atoms with Crippen molar-refractivity contribution in [3.05, 3.63) is 0 Å². The van der Waals surface area contributed by atoms with Gasteiger partial charge in [0.2, 0.25) is 0 Å². The summed E-state index contributed by atoms with van der Waals surface area (Å²) in [5.74, 6) is 0.880. The summed E-state index contributed by atoms with van der Waals surface area (Å²) < 4.78 is 10.6. The summed E-state index contributed by atoms with van der Waals surface area (Å²) in [6.07, 6.45) is 0.937. The largest absolute Gasteiger partial charge is 0.356 e. The van der Waals surface area contributed by atoms with Gasteiger partial charge in [-0.2, -0.15) is 0 Å². The Bertz CT molecular complexity index is 256. The van der Waals surface area contributed by atoms with Crippen LogP contribution in [-0.4, -0.2) is 55.3 Å². The number of ether oxygens (including phenoxy) is 2. The van der Waals surface area contributed by atoms with Gasteiger partial charge >= 0.3 is 0 Å². The molecular weight excluding hydrogens is 258 g/mol. The van der Waals surface area contributed by atoms with E-state index in [-0.39, 0.29) is 12.3 Å². The van der Waals surface area contributed by atoms with Crippen molar-refractivity contribution in [2.24, 2.45) is 4.99 Å². The van der Waals surface area contributed by atoms with Crippen molar-refractivity contribution in [3.63, 3.8) is 0 Å². The number of hydrogen-bond acceptors (Lipinski definition) is 3. The number of nitrogens with zero attached hydrogens (tertiary/aromatic N) is 1. The maximum Gasteiger partial charge on any atom is 0.191 e. The second kappa shape index (κ2) is 10.2. The third kappa shape index (κ3) is 9.02. The highest BCUT2D eigenvalue weighted by Crippen LogP contribution is 2.14. The summed E-state index contributed by atoms with van der Waals surface area (Å²) in [4.78, 5) is 4.54. The number of hydrogen-bond donors (Lipinski definition) is 2. The van der Waals surface area contributed by atoms with Gasteiger partial charge in [-0.25, -0.2) is 0 Å². The van der Waals surface area contributed by atoms with Crippen LogP contribution in [0.3, 0.4) is 0 Å². The minimum absolute atomic E-state index is 0.0861. The molecule has 6 heteroatoms. The Balaban J connectivity index is 4.18. The molecule has 0 bridgehead atoms. The Morgan fingerprint density at radius 2 is 1.74 bits per heavy atom. The number of rotatable bonds is 8. The van der Waals surface area contributed by atoms with Crippen LogP contribution < -0.4 is 10.6 Å². The monoisotopic (exact) mass is 289 g/mol. The summed E-state index contributed by atoms with van der Waals surface area (Å²) >= 11 is 0. The van der Waals surface area contributed by atoms with Crippen molar-refractivity contribution in [2.75, 3.05) is 20.8 Å². The standard InChI is InChI=1S/C13H31N3O2Si/c1-9(2)15-13(16-10(3)4)14-8-7-11(19)12(17-5)18-6/h9-12H,7-8H2,1-6,19H3,(H2,14,15,16). The molecule has 1 unspecified atom stereocenters. The zero-order valence-electron chi connectivity index (χ0n) is 13.5. The van der Waals surface area contributed by atoms with Crippen LogP contribution in [0.1, 0.15) is 34.1 Å². The van der Waals surface area contributed by atoms with Crippen molar-refractivity contribution < 1.29 is 9.47 Å². The van der Waals surface area contributed by atoms with Crippen LogP contribution in [0.2, 0.25) is 5.54 Å². The fourth-order valence-corrected chi connectivity index (χ4v) is 2.61. The van der Waals surface area contributed by atoms with Gasteiger partial charge in [-0.15, -0.1) is 0 Å². The van der Waals surface area contributed by atoms with Crippen LogP contribution in [0.25, 0.3) is 0 Å². The quantitative estimate of drug-likeness (QED) is 0.296. The van der Waals surface area contributed by atoms with Crippen LogP contribution in [0.15, 0.2) is 4.99 Å².